The fourth-order valence-electron chi connectivity index (χ4n) is 0.114. The largest absolute Gasteiger partial charge is 0.529 e. The third-order valence-electron chi connectivity index (χ3n) is 0.268. The second-order valence-electron chi connectivity index (χ2n) is 0.923. The maximum absolute atomic E-state index is 9.81. The average molecular weight is 174 g/mol. The number of phosphoric acid groups is 1. The molecule has 0 aliphatic carbocycles. The summed E-state index contributed by atoms with van der Waals surface area (Å²) in [6, 6.07) is 0. The topological polar surface area (TPSA) is 93.1 Å². The van der Waals surface area contributed by atoms with Gasteiger partial charge in [0, 0.05) is 12.9 Å². The lowest BCUT2D eigenvalue weighted by Gasteiger charge is -2.00. The summed E-state index contributed by atoms with van der Waals surface area (Å²) in [6.07, 6.45) is -1.54. The Morgan fingerprint density at radius 3 is 2.11 bits per heavy atom. The van der Waals surface area contributed by atoms with Gasteiger partial charge in [-0.15, -0.1) is 0 Å². The van der Waals surface area contributed by atoms with Crippen molar-refractivity contribution in [2.75, 3.05) is 0 Å². The van der Waals surface area contributed by atoms with Crippen LogP contribution in [-0.2, 0) is 13.3 Å². The zero-order valence-corrected chi connectivity index (χ0v) is 5.71. The molecule has 0 saturated heterocycles. The van der Waals surface area contributed by atoms with E-state index in [-0.39, 0.29) is 0 Å². The minimum atomic E-state index is -4.76. The van der Waals surface area contributed by atoms with Crippen molar-refractivity contribution in [3.63, 3.8) is 0 Å². The molecule has 0 atom stereocenters. The van der Waals surface area contributed by atoms with Crippen molar-refractivity contribution in [3.05, 3.63) is 0 Å². The van der Waals surface area contributed by atoms with Crippen molar-refractivity contribution < 1.29 is 27.9 Å². The van der Waals surface area contributed by atoms with Crippen LogP contribution >= 0.6 is 20.7 Å². The molecule has 0 unspecified atom stereocenters. The van der Waals surface area contributed by atoms with E-state index in [1.165, 1.54) is 0 Å². The van der Waals surface area contributed by atoms with Gasteiger partial charge in [-0.2, -0.15) is 0 Å². The molecule has 0 radical (unpaired) electrons. The molecule has 2 N–H and O–H groups in total. The van der Waals surface area contributed by atoms with Gasteiger partial charge in [-0.3, -0.25) is 9.79 Å². The van der Waals surface area contributed by atoms with Crippen molar-refractivity contribution in [2.24, 2.45) is 0 Å². The second kappa shape index (κ2) is 3.07. The Hall–Kier alpha value is -0.230. The van der Waals surface area contributed by atoms with Gasteiger partial charge in [0.1, 0.15) is 0 Å². The molecule has 54 valence electrons. The first kappa shape index (κ1) is 8.77. The van der Waals surface area contributed by atoms with Gasteiger partial charge in [-0.1, -0.05) is 0 Å². The number of carbonyl (C=O) groups excluding carboxylic acids is 1. The van der Waals surface area contributed by atoms with Crippen molar-refractivity contribution in [1.82, 2.24) is 0 Å². The molecule has 0 bridgehead atoms. The van der Waals surface area contributed by atoms with E-state index < -0.39 is 14.0 Å². The van der Waals surface area contributed by atoms with Crippen LogP contribution in [0.1, 0.15) is 0 Å². The Morgan fingerprint density at radius 1 is 1.56 bits per heavy atom. The van der Waals surface area contributed by atoms with Crippen molar-refractivity contribution in [3.8, 4) is 0 Å². The van der Waals surface area contributed by atoms with Gasteiger partial charge in [-0.25, -0.2) is 9.36 Å². The molecule has 0 heterocycles. The van der Waals surface area contributed by atoms with Crippen LogP contribution in [0, 0.1) is 0 Å². The Bertz CT molecular complexity index is 147. The lowest BCUT2D eigenvalue weighted by Crippen LogP contribution is -1.98. The Balaban J connectivity index is 3.75. The van der Waals surface area contributed by atoms with E-state index in [1.807, 2.05) is 0 Å². The molecule has 0 amide bonds. The van der Waals surface area contributed by atoms with Crippen molar-refractivity contribution in [1.29, 1.82) is 0 Å². The van der Waals surface area contributed by atoms with Crippen molar-refractivity contribution >= 4 is 26.9 Å². The molecule has 0 aromatic heterocycles. The summed E-state index contributed by atoms with van der Waals surface area (Å²) in [5.74, 6) is 0. The van der Waals surface area contributed by atoms with Gasteiger partial charge in [-0.05, 0) is 0 Å². The molecular weight excluding hydrogens is 171 g/mol. The third kappa shape index (κ3) is 5.64. The fourth-order valence-corrected chi connectivity index (χ4v) is 0.441. The van der Waals surface area contributed by atoms with E-state index in [9.17, 15) is 9.36 Å². The molecule has 8 heteroatoms. The van der Waals surface area contributed by atoms with Crippen LogP contribution in [0.2, 0.25) is 0 Å². The van der Waals surface area contributed by atoms with E-state index >= 15 is 0 Å². The van der Waals surface area contributed by atoms with Crippen LogP contribution < -0.4 is 0 Å². The molecule has 0 spiro atoms. The van der Waals surface area contributed by atoms with Crippen LogP contribution in [0.3, 0.4) is 0 Å². The quantitative estimate of drug-likeness (QED) is 0.296. The van der Waals surface area contributed by atoms with Crippen LogP contribution in [0.5, 0.6) is 0 Å². The van der Waals surface area contributed by atoms with Gasteiger partial charge in [0.05, 0.1) is 0 Å². The predicted molar refractivity (Wildman–Crippen MR) is 28.6 cm³/mol. The highest BCUT2D eigenvalue weighted by Crippen LogP contribution is 2.36. The molecule has 0 fully saturated rings. The first-order chi connectivity index (χ1) is 3.95. The molecule has 0 aromatic carbocycles. The molecular formula is CH3O6PS. The third-order valence-corrected chi connectivity index (χ3v) is 0.804. The maximum Gasteiger partial charge on any atom is 0.529 e. The van der Waals surface area contributed by atoms with Gasteiger partial charge < -0.3 is 8.71 Å². The van der Waals surface area contributed by atoms with Crippen LogP contribution in [0.25, 0.3) is 0 Å². The monoisotopic (exact) mass is 174 g/mol. The minimum Gasteiger partial charge on any atom is -0.363 e. The van der Waals surface area contributed by atoms with E-state index in [0.29, 0.717) is 0 Å². The predicted octanol–water partition coefficient (Wildman–Crippen LogP) is 0.0771. The SMILES string of the molecule is O=C(OS)OP(=O)(O)O. The molecule has 0 aliphatic heterocycles. The number of hydrogen-bond acceptors (Lipinski definition) is 5. The Morgan fingerprint density at radius 2 is 2.00 bits per heavy atom. The molecule has 9 heavy (non-hydrogen) atoms. The van der Waals surface area contributed by atoms with Gasteiger partial charge in [0.2, 0.25) is 0 Å². The lowest BCUT2D eigenvalue weighted by molar-refractivity contribution is 0.141. The van der Waals surface area contributed by atoms with E-state index in [4.69, 9.17) is 9.79 Å². The summed E-state index contributed by atoms with van der Waals surface area (Å²) in [7, 11) is -4.76. The number of hydrogen-bond donors (Lipinski definition) is 3. The number of thiol groups is 1. The maximum atomic E-state index is 9.81. The first-order valence-electron chi connectivity index (χ1n) is 1.56. The molecule has 0 rings (SSSR count). The van der Waals surface area contributed by atoms with Gasteiger partial charge in [0.25, 0.3) is 0 Å². The minimum absolute atomic E-state index is 1.54. The normalized spacial score (nSPS) is 10.6. The summed E-state index contributed by atoms with van der Waals surface area (Å²) in [4.78, 5) is 25.6. The van der Waals surface area contributed by atoms with Crippen molar-refractivity contribution in [2.45, 2.75) is 0 Å². The fraction of sp³-hybridized carbons (Fsp3) is 0. The van der Waals surface area contributed by atoms with E-state index in [0.717, 1.165) is 0 Å². The van der Waals surface area contributed by atoms with Gasteiger partial charge >= 0.3 is 14.0 Å². The Kier molecular flexibility index (Phi) is 2.99. The summed E-state index contributed by atoms with van der Waals surface area (Å²) in [6.45, 7) is 0. The summed E-state index contributed by atoms with van der Waals surface area (Å²) >= 11 is 2.91. The highest BCUT2D eigenvalue weighted by Gasteiger charge is 2.20. The summed E-state index contributed by atoms with van der Waals surface area (Å²) in [5, 5.41) is 0. The zero-order chi connectivity index (χ0) is 7.49. The number of phosphoric ester groups is 1. The second-order valence-corrected chi connectivity index (χ2v) is 2.27. The standard InChI is InChI=1S/CH3O6PS/c2-1(7-9)6-8(3,4)5/h9H,(H2,3,4,5). The van der Waals surface area contributed by atoms with E-state index in [2.05, 4.69) is 21.6 Å². The number of carbonyl (C=O) groups is 1. The smallest absolute Gasteiger partial charge is 0.363 e. The average Bonchev–Trinajstić information content (AvgIpc) is 1.62. The highest BCUT2D eigenvalue weighted by atomic mass is 32.1. The van der Waals surface area contributed by atoms with Crippen LogP contribution in [0.15, 0.2) is 0 Å². The molecule has 6 nitrogen and oxygen atoms in total. The highest BCUT2D eigenvalue weighted by molar-refractivity contribution is 7.75. The molecule has 0 aliphatic rings. The summed E-state index contributed by atoms with van der Waals surface area (Å²) < 4.78 is 16.5. The molecule has 0 saturated carbocycles. The van der Waals surface area contributed by atoms with Crippen LogP contribution in [-0.4, -0.2) is 15.9 Å². The molecule has 0 aromatic rings. The lowest BCUT2D eigenvalue weighted by atomic mass is 11.5. The number of rotatable bonds is 1. The summed E-state index contributed by atoms with van der Waals surface area (Å²) in [5.41, 5.74) is 0. The van der Waals surface area contributed by atoms with Gasteiger partial charge in [0.15, 0.2) is 0 Å². The van der Waals surface area contributed by atoms with Crippen LogP contribution in [0.4, 0.5) is 4.79 Å². The first-order valence-corrected chi connectivity index (χ1v) is 3.46. The zero-order valence-electron chi connectivity index (χ0n) is 3.92. The van der Waals surface area contributed by atoms with E-state index in [1.54, 1.807) is 0 Å². The Labute approximate surface area is 55.6 Å².